The summed E-state index contributed by atoms with van der Waals surface area (Å²) in [6.45, 7) is 3.83. The maximum Gasteiger partial charge on any atom is 0.187 e. The van der Waals surface area contributed by atoms with Crippen molar-refractivity contribution in [3.05, 3.63) is 31.1 Å². The lowest BCUT2D eigenvalue weighted by atomic mass is 10.0. The summed E-state index contributed by atoms with van der Waals surface area (Å²) >= 11 is 1.83. The molecule has 1 aliphatic rings. The minimum atomic E-state index is 0.686. The predicted molar refractivity (Wildman–Crippen MR) is 63.8 cm³/mol. The first-order valence-corrected chi connectivity index (χ1v) is 6.32. The van der Waals surface area contributed by atoms with E-state index >= 15 is 0 Å². The standard InChI is InChI=1S/C12H16N2S/c1-2-5-10-6-3-7-11(10)15-12-13-8-4-9-14-12/h2,4,8-11H,1,3,5-7H2/t10-,11+/m0/s1. The van der Waals surface area contributed by atoms with Gasteiger partial charge in [0, 0.05) is 17.6 Å². The molecule has 0 aliphatic heterocycles. The second-order valence-electron chi connectivity index (χ2n) is 3.90. The third-order valence-corrected chi connectivity index (χ3v) is 4.20. The zero-order valence-corrected chi connectivity index (χ0v) is 9.62. The first kappa shape index (κ1) is 10.7. The molecule has 0 bridgehead atoms. The van der Waals surface area contributed by atoms with Crippen LogP contribution in [-0.4, -0.2) is 15.2 Å². The van der Waals surface area contributed by atoms with Crippen molar-refractivity contribution in [2.24, 2.45) is 5.92 Å². The maximum absolute atomic E-state index is 4.26. The van der Waals surface area contributed by atoms with E-state index in [2.05, 4.69) is 16.5 Å². The Labute approximate surface area is 95.2 Å². The fourth-order valence-corrected chi connectivity index (χ4v) is 3.36. The van der Waals surface area contributed by atoms with Crippen LogP contribution < -0.4 is 0 Å². The fourth-order valence-electron chi connectivity index (χ4n) is 2.12. The van der Waals surface area contributed by atoms with Crippen LogP contribution in [0.5, 0.6) is 0 Å². The van der Waals surface area contributed by atoms with Gasteiger partial charge in [-0.05, 0) is 31.2 Å². The van der Waals surface area contributed by atoms with E-state index in [1.807, 2.05) is 36.3 Å². The lowest BCUT2D eigenvalue weighted by Crippen LogP contribution is -2.09. The molecule has 1 aliphatic carbocycles. The largest absolute Gasteiger partial charge is 0.231 e. The van der Waals surface area contributed by atoms with Crippen molar-refractivity contribution in [2.45, 2.75) is 36.1 Å². The van der Waals surface area contributed by atoms with Crippen LogP contribution in [-0.2, 0) is 0 Å². The van der Waals surface area contributed by atoms with E-state index in [9.17, 15) is 0 Å². The Morgan fingerprint density at radius 3 is 2.93 bits per heavy atom. The highest BCUT2D eigenvalue weighted by atomic mass is 32.2. The van der Waals surface area contributed by atoms with Gasteiger partial charge < -0.3 is 0 Å². The first-order chi connectivity index (χ1) is 7.40. The van der Waals surface area contributed by atoms with Crippen molar-refractivity contribution in [1.82, 2.24) is 9.97 Å². The lowest BCUT2D eigenvalue weighted by Gasteiger charge is -2.16. The van der Waals surface area contributed by atoms with Crippen molar-refractivity contribution in [3.8, 4) is 0 Å². The summed E-state index contributed by atoms with van der Waals surface area (Å²) in [4.78, 5) is 8.53. The number of rotatable bonds is 4. The molecule has 0 radical (unpaired) electrons. The van der Waals surface area contributed by atoms with E-state index in [1.165, 1.54) is 19.3 Å². The molecule has 0 unspecified atom stereocenters. The van der Waals surface area contributed by atoms with Gasteiger partial charge in [0.2, 0.25) is 0 Å². The SMILES string of the molecule is C=CC[C@H]1CCC[C@H]1Sc1ncccn1. The fraction of sp³-hybridized carbons (Fsp3) is 0.500. The number of allylic oxidation sites excluding steroid dienone is 1. The van der Waals surface area contributed by atoms with Gasteiger partial charge in [-0.25, -0.2) is 9.97 Å². The van der Waals surface area contributed by atoms with Crippen molar-refractivity contribution < 1.29 is 0 Å². The number of aromatic nitrogens is 2. The summed E-state index contributed by atoms with van der Waals surface area (Å²) in [5.74, 6) is 0.774. The van der Waals surface area contributed by atoms with Crippen LogP contribution in [0.2, 0.25) is 0 Å². The van der Waals surface area contributed by atoms with Crippen molar-refractivity contribution in [2.75, 3.05) is 0 Å². The molecule has 2 nitrogen and oxygen atoms in total. The monoisotopic (exact) mass is 220 g/mol. The van der Waals surface area contributed by atoms with E-state index in [0.717, 1.165) is 17.5 Å². The molecule has 1 aromatic rings. The Balaban J connectivity index is 1.96. The Morgan fingerprint density at radius 1 is 1.40 bits per heavy atom. The van der Waals surface area contributed by atoms with E-state index in [0.29, 0.717) is 5.25 Å². The van der Waals surface area contributed by atoms with Crippen LogP contribution in [0.1, 0.15) is 25.7 Å². The summed E-state index contributed by atoms with van der Waals surface area (Å²) in [6, 6.07) is 1.86. The van der Waals surface area contributed by atoms with Crippen LogP contribution >= 0.6 is 11.8 Å². The zero-order valence-electron chi connectivity index (χ0n) is 8.80. The van der Waals surface area contributed by atoms with Crippen molar-refractivity contribution >= 4 is 11.8 Å². The van der Waals surface area contributed by atoms with Crippen molar-refractivity contribution in [1.29, 1.82) is 0 Å². The minimum Gasteiger partial charge on any atom is -0.231 e. The van der Waals surface area contributed by atoms with Gasteiger partial charge in [0.25, 0.3) is 0 Å². The summed E-state index contributed by atoms with van der Waals surface area (Å²) in [7, 11) is 0. The Morgan fingerprint density at radius 2 is 2.20 bits per heavy atom. The van der Waals surface area contributed by atoms with Gasteiger partial charge in [0.05, 0.1) is 0 Å². The Hall–Kier alpha value is -0.830. The molecule has 0 saturated heterocycles. The molecule has 0 spiro atoms. The number of hydrogen-bond donors (Lipinski definition) is 0. The average molecular weight is 220 g/mol. The molecule has 0 amide bonds. The molecule has 2 atom stereocenters. The van der Waals surface area contributed by atoms with Crippen LogP contribution in [0, 0.1) is 5.92 Å². The molecule has 0 N–H and O–H groups in total. The summed E-state index contributed by atoms with van der Waals surface area (Å²) in [5, 5.41) is 1.60. The molecule has 80 valence electrons. The first-order valence-electron chi connectivity index (χ1n) is 5.44. The Bertz CT molecular complexity index is 313. The van der Waals surface area contributed by atoms with Crippen molar-refractivity contribution in [3.63, 3.8) is 0 Å². The predicted octanol–water partition coefficient (Wildman–Crippen LogP) is 3.31. The molecule has 1 heterocycles. The van der Waals surface area contributed by atoms with E-state index in [1.54, 1.807) is 0 Å². The maximum atomic E-state index is 4.26. The van der Waals surface area contributed by atoms with Gasteiger partial charge >= 0.3 is 0 Å². The average Bonchev–Trinajstić information content (AvgIpc) is 2.68. The molecule has 1 fully saturated rings. The van der Waals surface area contributed by atoms with Gasteiger partial charge in [0.15, 0.2) is 5.16 Å². The van der Waals surface area contributed by atoms with Gasteiger partial charge in [0.1, 0.15) is 0 Å². The molecule has 3 heteroatoms. The lowest BCUT2D eigenvalue weighted by molar-refractivity contribution is 0.569. The van der Waals surface area contributed by atoms with Crippen LogP contribution in [0.4, 0.5) is 0 Å². The highest BCUT2D eigenvalue weighted by Gasteiger charge is 2.27. The minimum absolute atomic E-state index is 0.686. The molecular weight excluding hydrogens is 204 g/mol. The summed E-state index contributed by atoms with van der Waals surface area (Å²) in [6.07, 6.45) is 10.8. The molecular formula is C12H16N2S. The molecule has 2 rings (SSSR count). The normalized spacial score (nSPS) is 25.3. The van der Waals surface area contributed by atoms with Crippen LogP contribution in [0.25, 0.3) is 0 Å². The zero-order chi connectivity index (χ0) is 10.5. The van der Waals surface area contributed by atoms with Crippen LogP contribution in [0.15, 0.2) is 36.3 Å². The number of thioether (sulfide) groups is 1. The topological polar surface area (TPSA) is 25.8 Å². The quantitative estimate of drug-likeness (QED) is 0.575. The number of hydrogen-bond acceptors (Lipinski definition) is 3. The van der Waals surface area contributed by atoms with Gasteiger partial charge in [-0.1, -0.05) is 24.3 Å². The number of nitrogens with zero attached hydrogens (tertiary/aromatic N) is 2. The van der Waals surface area contributed by atoms with Gasteiger partial charge in [-0.15, -0.1) is 6.58 Å². The third-order valence-electron chi connectivity index (χ3n) is 2.86. The molecule has 1 saturated carbocycles. The third kappa shape index (κ3) is 2.81. The highest BCUT2D eigenvalue weighted by molar-refractivity contribution is 7.99. The smallest absolute Gasteiger partial charge is 0.187 e. The molecule has 0 aromatic carbocycles. The molecule has 1 aromatic heterocycles. The van der Waals surface area contributed by atoms with E-state index in [-0.39, 0.29) is 0 Å². The highest BCUT2D eigenvalue weighted by Crippen LogP contribution is 2.39. The Kier molecular flexibility index (Phi) is 3.78. The second kappa shape index (κ2) is 5.31. The van der Waals surface area contributed by atoms with E-state index in [4.69, 9.17) is 0 Å². The summed E-state index contributed by atoms with van der Waals surface area (Å²) in [5.41, 5.74) is 0. The van der Waals surface area contributed by atoms with E-state index < -0.39 is 0 Å². The second-order valence-corrected chi connectivity index (χ2v) is 5.11. The van der Waals surface area contributed by atoms with Gasteiger partial charge in [-0.2, -0.15) is 0 Å². The van der Waals surface area contributed by atoms with Gasteiger partial charge in [-0.3, -0.25) is 0 Å². The molecule has 15 heavy (non-hydrogen) atoms. The van der Waals surface area contributed by atoms with Crippen LogP contribution in [0.3, 0.4) is 0 Å². The summed E-state index contributed by atoms with van der Waals surface area (Å²) < 4.78 is 0.